The lowest BCUT2D eigenvalue weighted by Crippen LogP contribution is -1.78. The third kappa shape index (κ3) is 3.59. The molecule has 1 heterocycles. The molecule has 0 N–H and O–H groups in total. The van der Waals surface area contributed by atoms with E-state index < -0.39 is 0 Å². The van der Waals surface area contributed by atoms with Gasteiger partial charge in [0.1, 0.15) is 5.15 Å². The fraction of sp³-hybridized carbons (Fsp3) is 0.375. The van der Waals surface area contributed by atoms with Crippen LogP contribution in [0.15, 0.2) is 12.3 Å². The van der Waals surface area contributed by atoms with Crippen LogP contribution < -0.4 is 0 Å². The van der Waals surface area contributed by atoms with E-state index in [2.05, 4.69) is 4.98 Å². The van der Waals surface area contributed by atoms with Crippen molar-refractivity contribution < 1.29 is 0 Å². The van der Waals surface area contributed by atoms with Gasteiger partial charge in [-0.3, -0.25) is 0 Å². The number of rotatable bonds is 0. The third-order valence-electron chi connectivity index (χ3n) is 0.981. The van der Waals surface area contributed by atoms with Crippen molar-refractivity contribution in [3.05, 3.63) is 28.0 Å². The Morgan fingerprint density at radius 1 is 1.27 bits per heavy atom. The summed E-state index contributed by atoms with van der Waals surface area (Å²) in [6.07, 6.45) is 1.52. The molecular formula is C8H11Cl2N. The zero-order valence-electron chi connectivity index (χ0n) is 6.86. The van der Waals surface area contributed by atoms with Crippen molar-refractivity contribution in [2.45, 2.75) is 20.8 Å². The van der Waals surface area contributed by atoms with E-state index in [0.29, 0.717) is 10.2 Å². The average molecular weight is 192 g/mol. The number of hydrogen-bond donors (Lipinski definition) is 0. The van der Waals surface area contributed by atoms with Crippen molar-refractivity contribution in [2.75, 3.05) is 0 Å². The second-order valence-corrected chi connectivity index (χ2v) is 2.56. The van der Waals surface area contributed by atoms with Crippen LogP contribution >= 0.6 is 23.2 Å². The highest BCUT2D eigenvalue weighted by atomic mass is 35.5. The van der Waals surface area contributed by atoms with Gasteiger partial charge in [-0.25, -0.2) is 4.98 Å². The third-order valence-corrected chi connectivity index (χ3v) is 1.58. The molecule has 0 bridgehead atoms. The summed E-state index contributed by atoms with van der Waals surface area (Å²) >= 11 is 11.2. The molecule has 0 atom stereocenters. The standard InChI is InChI=1S/C6H5Cl2N.C2H6/c1-4-2-5(7)3-9-6(4)8;1-2/h2-3H,1H3;1-2H3. The van der Waals surface area contributed by atoms with Crippen LogP contribution in [0, 0.1) is 6.92 Å². The number of aromatic nitrogens is 1. The van der Waals surface area contributed by atoms with Gasteiger partial charge in [0.2, 0.25) is 0 Å². The Labute approximate surface area is 77.4 Å². The van der Waals surface area contributed by atoms with Crippen molar-refractivity contribution in [2.24, 2.45) is 0 Å². The SMILES string of the molecule is CC.Cc1cc(Cl)cnc1Cl. The van der Waals surface area contributed by atoms with E-state index in [4.69, 9.17) is 23.2 Å². The van der Waals surface area contributed by atoms with E-state index in [1.54, 1.807) is 6.07 Å². The summed E-state index contributed by atoms with van der Waals surface area (Å²) in [7, 11) is 0. The Bertz CT molecular complexity index is 223. The van der Waals surface area contributed by atoms with Crippen molar-refractivity contribution in [1.29, 1.82) is 0 Å². The highest BCUT2D eigenvalue weighted by Crippen LogP contribution is 2.15. The molecule has 0 aromatic carbocycles. The molecule has 0 fully saturated rings. The Balaban J connectivity index is 0.000000461. The summed E-state index contributed by atoms with van der Waals surface area (Å²) in [5.74, 6) is 0. The van der Waals surface area contributed by atoms with Gasteiger partial charge in [0.15, 0.2) is 0 Å². The van der Waals surface area contributed by atoms with Crippen molar-refractivity contribution in [3.63, 3.8) is 0 Å². The Morgan fingerprint density at radius 2 is 1.82 bits per heavy atom. The average Bonchev–Trinajstić information content (AvgIpc) is 2.02. The van der Waals surface area contributed by atoms with Gasteiger partial charge in [-0.1, -0.05) is 37.0 Å². The van der Waals surface area contributed by atoms with Gasteiger partial charge < -0.3 is 0 Å². The first-order chi connectivity index (χ1) is 5.20. The van der Waals surface area contributed by atoms with E-state index in [0.717, 1.165) is 5.56 Å². The summed E-state index contributed by atoms with van der Waals surface area (Å²) in [5, 5.41) is 1.14. The molecule has 0 saturated carbocycles. The largest absolute Gasteiger partial charge is 0.243 e. The lowest BCUT2D eigenvalue weighted by Gasteiger charge is -1.93. The van der Waals surface area contributed by atoms with Crippen LogP contribution in [-0.2, 0) is 0 Å². The van der Waals surface area contributed by atoms with Crippen LogP contribution in [0.5, 0.6) is 0 Å². The van der Waals surface area contributed by atoms with Gasteiger partial charge in [-0.2, -0.15) is 0 Å². The minimum atomic E-state index is 0.513. The topological polar surface area (TPSA) is 12.9 Å². The Morgan fingerprint density at radius 3 is 2.18 bits per heavy atom. The number of halogens is 2. The summed E-state index contributed by atoms with van der Waals surface area (Å²) in [4.78, 5) is 3.81. The molecule has 3 heteroatoms. The molecule has 1 aromatic rings. The van der Waals surface area contributed by atoms with E-state index in [1.165, 1.54) is 6.20 Å². The van der Waals surface area contributed by atoms with E-state index in [1.807, 2.05) is 20.8 Å². The maximum atomic E-state index is 5.61. The van der Waals surface area contributed by atoms with Gasteiger partial charge in [0.25, 0.3) is 0 Å². The Hall–Kier alpha value is -0.270. The highest BCUT2D eigenvalue weighted by molar-refractivity contribution is 6.32. The first-order valence-corrected chi connectivity index (χ1v) is 4.23. The minimum absolute atomic E-state index is 0.513. The van der Waals surface area contributed by atoms with Crippen molar-refractivity contribution in [3.8, 4) is 0 Å². The summed E-state index contributed by atoms with van der Waals surface area (Å²) < 4.78 is 0. The van der Waals surface area contributed by atoms with Crippen LogP contribution in [0.2, 0.25) is 10.2 Å². The minimum Gasteiger partial charge on any atom is -0.243 e. The first-order valence-electron chi connectivity index (χ1n) is 3.48. The van der Waals surface area contributed by atoms with Gasteiger partial charge in [0, 0.05) is 6.20 Å². The first kappa shape index (κ1) is 10.7. The number of nitrogens with zero attached hydrogens (tertiary/aromatic N) is 1. The lowest BCUT2D eigenvalue weighted by atomic mass is 10.3. The van der Waals surface area contributed by atoms with Gasteiger partial charge in [-0.05, 0) is 18.6 Å². The molecule has 1 rings (SSSR count). The molecule has 0 saturated heterocycles. The van der Waals surface area contributed by atoms with E-state index in [9.17, 15) is 0 Å². The van der Waals surface area contributed by atoms with Gasteiger partial charge in [-0.15, -0.1) is 0 Å². The predicted molar refractivity (Wildman–Crippen MR) is 50.3 cm³/mol. The molecule has 0 aliphatic heterocycles. The van der Waals surface area contributed by atoms with Crippen LogP contribution in [0.1, 0.15) is 19.4 Å². The van der Waals surface area contributed by atoms with Crippen LogP contribution in [0.3, 0.4) is 0 Å². The van der Waals surface area contributed by atoms with Crippen molar-refractivity contribution >= 4 is 23.2 Å². The molecule has 1 nitrogen and oxygen atoms in total. The molecule has 0 aliphatic carbocycles. The smallest absolute Gasteiger partial charge is 0.132 e. The molecule has 0 unspecified atom stereocenters. The predicted octanol–water partition coefficient (Wildman–Crippen LogP) is 3.72. The van der Waals surface area contributed by atoms with Crippen LogP contribution in [-0.4, -0.2) is 4.98 Å². The summed E-state index contributed by atoms with van der Waals surface area (Å²) in [6.45, 7) is 5.86. The lowest BCUT2D eigenvalue weighted by molar-refractivity contribution is 1.27. The van der Waals surface area contributed by atoms with E-state index >= 15 is 0 Å². The molecule has 0 spiro atoms. The monoisotopic (exact) mass is 191 g/mol. The summed E-state index contributed by atoms with van der Waals surface area (Å²) in [5.41, 5.74) is 0.907. The number of aryl methyl sites for hydroxylation is 1. The van der Waals surface area contributed by atoms with Crippen LogP contribution in [0.25, 0.3) is 0 Å². The summed E-state index contributed by atoms with van der Waals surface area (Å²) in [6, 6.07) is 1.77. The molecule has 0 radical (unpaired) electrons. The fourth-order valence-corrected chi connectivity index (χ4v) is 0.840. The fourth-order valence-electron chi connectivity index (χ4n) is 0.524. The van der Waals surface area contributed by atoms with Crippen molar-refractivity contribution in [1.82, 2.24) is 4.98 Å². The molecule has 0 amide bonds. The zero-order valence-corrected chi connectivity index (χ0v) is 8.37. The maximum absolute atomic E-state index is 5.61. The Kier molecular flexibility index (Phi) is 5.26. The molecule has 11 heavy (non-hydrogen) atoms. The molecule has 1 aromatic heterocycles. The highest BCUT2D eigenvalue weighted by Gasteiger charge is 1.94. The molecule has 62 valence electrons. The van der Waals surface area contributed by atoms with E-state index in [-0.39, 0.29) is 0 Å². The maximum Gasteiger partial charge on any atom is 0.132 e. The van der Waals surface area contributed by atoms with Gasteiger partial charge >= 0.3 is 0 Å². The van der Waals surface area contributed by atoms with Crippen LogP contribution in [0.4, 0.5) is 0 Å². The molecule has 0 aliphatic rings. The second kappa shape index (κ2) is 5.39. The quantitative estimate of drug-likeness (QED) is 0.570. The molecular weight excluding hydrogens is 181 g/mol. The second-order valence-electron chi connectivity index (χ2n) is 1.76. The number of pyridine rings is 1. The normalized spacial score (nSPS) is 8.45. The zero-order chi connectivity index (χ0) is 8.85. The van der Waals surface area contributed by atoms with Gasteiger partial charge in [0.05, 0.1) is 5.02 Å². The number of hydrogen-bond acceptors (Lipinski definition) is 1.